The molecular formula is C27H21ClN2O5. The highest BCUT2D eigenvalue weighted by atomic mass is 35.5. The summed E-state index contributed by atoms with van der Waals surface area (Å²) in [5.41, 5.74) is 4.82. The number of nitrogens with one attached hydrogen (secondary N) is 2. The van der Waals surface area contributed by atoms with Crippen LogP contribution in [0.3, 0.4) is 0 Å². The average molecular weight is 489 g/mol. The summed E-state index contributed by atoms with van der Waals surface area (Å²) in [4.78, 5) is 36.1. The van der Waals surface area contributed by atoms with E-state index in [9.17, 15) is 14.4 Å². The van der Waals surface area contributed by atoms with Crippen LogP contribution >= 0.6 is 11.6 Å². The van der Waals surface area contributed by atoms with Crippen molar-refractivity contribution in [2.75, 3.05) is 11.9 Å². The van der Waals surface area contributed by atoms with Crippen LogP contribution in [-0.4, -0.2) is 35.7 Å². The van der Waals surface area contributed by atoms with Crippen LogP contribution in [0.4, 0.5) is 10.5 Å². The van der Waals surface area contributed by atoms with E-state index < -0.39 is 24.0 Å². The summed E-state index contributed by atoms with van der Waals surface area (Å²) in [7, 11) is 0. The predicted octanol–water partition coefficient (Wildman–Crippen LogP) is 4.91. The molecule has 176 valence electrons. The molecule has 1 atom stereocenters. The average Bonchev–Trinajstić information content (AvgIpc) is 3.17. The third-order valence-electron chi connectivity index (χ3n) is 5.74. The van der Waals surface area contributed by atoms with Gasteiger partial charge in [-0.15, -0.1) is 12.3 Å². The normalized spacial score (nSPS) is 12.6. The number of halogens is 1. The first kappa shape index (κ1) is 23.9. The summed E-state index contributed by atoms with van der Waals surface area (Å²) >= 11 is 6.24. The molecule has 0 spiro atoms. The number of fused-ring (bicyclic) bond motifs is 3. The number of amides is 2. The third-order valence-corrected chi connectivity index (χ3v) is 6.05. The van der Waals surface area contributed by atoms with Crippen molar-refractivity contribution in [1.82, 2.24) is 5.32 Å². The van der Waals surface area contributed by atoms with E-state index in [2.05, 4.69) is 28.7 Å². The fourth-order valence-corrected chi connectivity index (χ4v) is 4.29. The number of aliphatic carboxylic acids is 1. The number of carbonyl (C=O) groups excluding carboxylic acids is 2. The van der Waals surface area contributed by atoms with Crippen molar-refractivity contribution in [2.45, 2.75) is 18.4 Å². The number of carboxylic acid groups (broad SMARTS) is 1. The smallest absolute Gasteiger partial charge is 0.411 e. The minimum absolute atomic E-state index is 0.0834. The first-order valence-corrected chi connectivity index (χ1v) is 11.2. The quantitative estimate of drug-likeness (QED) is 0.410. The van der Waals surface area contributed by atoms with Crippen molar-refractivity contribution in [2.24, 2.45) is 0 Å². The van der Waals surface area contributed by atoms with E-state index in [0.29, 0.717) is 0 Å². The van der Waals surface area contributed by atoms with Crippen LogP contribution in [-0.2, 0) is 9.53 Å². The summed E-state index contributed by atoms with van der Waals surface area (Å²) in [5.74, 6) is 0.234. The van der Waals surface area contributed by atoms with Gasteiger partial charge in [-0.3, -0.25) is 10.1 Å². The molecule has 0 bridgehead atoms. The largest absolute Gasteiger partial charge is 0.480 e. The van der Waals surface area contributed by atoms with Crippen LogP contribution in [0.5, 0.6) is 0 Å². The number of anilines is 1. The third kappa shape index (κ3) is 5.13. The maximum absolute atomic E-state index is 12.5. The first-order valence-electron chi connectivity index (χ1n) is 10.8. The Morgan fingerprint density at radius 1 is 1.03 bits per heavy atom. The zero-order valence-electron chi connectivity index (χ0n) is 18.5. The molecule has 1 unspecified atom stereocenters. The summed E-state index contributed by atoms with van der Waals surface area (Å²) in [6.07, 6.45) is 4.30. The zero-order valence-corrected chi connectivity index (χ0v) is 19.2. The zero-order chi connectivity index (χ0) is 24.9. The minimum atomic E-state index is -1.24. The van der Waals surface area contributed by atoms with Gasteiger partial charge in [0.2, 0.25) is 0 Å². The van der Waals surface area contributed by atoms with Crippen LogP contribution in [0.1, 0.15) is 33.8 Å². The Morgan fingerprint density at radius 2 is 1.66 bits per heavy atom. The summed E-state index contributed by atoms with van der Waals surface area (Å²) in [5, 5.41) is 14.1. The number of terminal acetylenes is 1. The number of hydrogen-bond donors (Lipinski definition) is 3. The number of ether oxygens (including phenoxy) is 1. The number of rotatable bonds is 7. The van der Waals surface area contributed by atoms with Gasteiger partial charge < -0.3 is 15.2 Å². The molecule has 3 aromatic carbocycles. The standard InChI is InChI=1S/C27H21ClN2O5/c1-2-7-24(26(32)33)29-25(31)16-12-13-23(22(28)14-16)30-27(34)35-15-21-19-10-5-3-8-17(19)18-9-4-6-11-20(18)21/h1,3-6,8-14,21,24H,7,15H2,(H,29,31)(H,30,34)(H,32,33). The number of carboxylic acids is 1. The van der Waals surface area contributed by atoms with Gasteiger partial charge >= 0.3 is 12.1 Å². The lowest BCUT2D eigenvalue weighted by molar-refractivity contribution is -0.139. The van der Waals surface area contributed by atoms with Gasteiger partial charge in [-0.1, -0.05) is 60.1 Å². The van der Waals surface area contributed by atoms with Crippen molar-refractivity contribution in [3.63, 3.8) is 0 Å². The molecule has 2 amide bonds. The molecule has 0 saturated heterocycles. The molecule has 0 aliphatic heterocycles. The second-order valence-corrected chi connectivity index (χ2v) is 8.32. The van der Waals surface area contributed by atoms with Gasteiger partial charge in [0.05, 0.1) is 10.7 Å². The molecule has 8 heteroatoms. The predicted molar refractivity (Wildman–Crippen MR) is 132 cm³/mol. The molecule has 0 fully saturated rings. The molecule has 3 aromatic rings. The van der Waals surface area contributed by atoms with Crippen LogP contribution in [0.25, 0.3) is 11.1 Å². The monoisotopic (exact) mass is 488 g/mol. The lowest BCUT2D eigenvalue weighted by Crippen LogP contribution is -2.40. The van der Waals surface area contributed by atoms with E-state index in [1.807, 2.05) is 36.4 Å². The number of benzene rings is 3. The summed E-state index contributed by atoms with van der Waals surface area (Å²) in [6.45, 7) is 0.143. The minimum Gasteiger partial charge on any atom is -0.480 e. The van der Waals surface area contributed by atoms with Gasteiger partial charge in [-0.25, -0.2) is 9.59 Å². The second kappa shape index (κ2) is 10.3. The second-order valence-electron chi connectivity index (χ2n) is 7.92. The SMILES string of the molecule is C#CCC(NC(=O)c1ccc(NC(=O)OCC2c3ccccc3-c3ccccc32)c(Cl)c1)C(=O)O. The van der Waals surface area contributed by atoms with Gasteiger partial charge in [0.25, 0.3) is 5.91 Å². The molecule has 1 aliphatic rings. The van der Waals surface area contributed by atoms with Crippen LogP contribution < -0.4 is 10.6 Å². The van der Waals surface area contributed by atoms with Crippen LogP contribution in [0.15, 0.2) is 66.7 Å². The van der Waals surface area contributed by atoms with Gasteiger partial charge in [-0.05, 0) is 40.5 Å². The molecule has 0 aromatic heterocycles. The fourth-order valence-electron chi connectivity index (χ4n) is 4.06. The van der Waals surface area contributed by atoms with Gasteiger partial charge in [-0.2, -0.15) is 0 Å². The number of carbonyl (C=O) groups is 3. The Bertz CT molecular complexity index is 1300. The maximum Gasteiger partial charge on any atom is 0.411 e. The molecule has 0 heterocycles. The molecule has 4 rings (SSSR count). The van der Waals surface area contributed by atoms with Gasteiger partial charge in [0.1, 0.15) is 12.6 Å². The first-order chi connectivity index (χ1) is 16.9. The van der Waals surface area contributed by atoms with Crippen LogP contribution in [0, 0.1) is 12.3 Å². The number of hydrogen-bond acceptors (Lipinski definition) is 4. The molecule has 0 saturated carbocycles. The Kier molecular flexibility index (Phi) is 7.04. The Hall–Kier alpha value is -4.28. The van der Waals surface area contributed by atoms with E-state index in [-0.39, 0.29) is 35.2 Å². The lowest BCUT2D eigenvalue weighted by Gasteiger charge is -2.15. The maximum atomic E-state index is 12.5. The van der Waals surface area contributed by atoms with Crippen molar-refractivity contribution in [3.05, 3.63) is 88.4 Å². The Balaban J connectivity index is 1.40. The molecule has 3 N–H and O–H groups in total. The Labute approximate surface area is 207 Å². The summed E-state index contributed by atoms with van der Waals surface area (Å²) in [6, 6.07) is 19.0. The lowest BCUT2D eigenvalue weighted by atomic mass is 9.98. The molecule has 0 radical (unpaired) electrons. The molecule has 35 heavy (non-hydrogen) atoms. The summed E-state index contributed by atoms with van der Waals surface area (Å²) < 4.78 is 5.51. The van der Waals surface area contributed by atoms with E-state index >= 15 is 0 Å². The van der Waals surface area contributed by atoms with E-state index in [1.54, 1.807) is 0 Å². The highest BCUT2D eigenvalue weighted by molar-refractivity contribution is 6.34. The van der Waals surface area contributed by atoms with Crippen molar-refractivity contribution >= 4 is 35.3 Å². The van der Waals surface area contributed by atoms with Crippen molar-refractivity contribution in [3.8, 4) is 23.5 Å². The van der Waals surface area contributed by atoms with E-state index in [1.165, 1.54) is 18.2 Å². The van der Waals surface area contributed by atoms with Crippen molar-refractivity contribution in [1.29, 1.82) is 0 Å². The van der Waals surface area contributed by atoms with E-state index in [4.69, 9.17) is 27.9 Å². The molecular weight excluding hydrogens is 468 g/mol. The van der Waals surface area contributed by atoms with Crippen molar-refractivity contribution < 1.29 is 24.2 Å². The highest BCUT2D eigenvalue weighted by Gasteiger charge is 2.29. The highest BCUT2D eigenvalue weighted by Crippen LogP contribution is 2.44. The van der Waals surface area contributed by atoms with Gasteiger partial charge in [0, 0.05) is 17.9 Å². The van der Waals surface area contributed by atoms with Crippen LogP contribution in [0.2, 0.25) is 5.02 Å². The fraction of sp³-hybridized carbons (Fsp3) is 0.148. The van der Waals surface area contributed by atoms with Gasteiger partial charge in [0.15, 0.2) is 0 Å². The Morgan fingerprint density at radius 3 is 2.23 bits per heavy atom. The topological polar surface area (TPSA) is 105 Å². The molecule has 7 nitrogen and oxygen atoms in total. The van der Waals surface area contributed by atoms with E-state index in [0.717, 1.165) is 22.3 Å². The molecule has 1 aliphatic carbocycles.